The summed E-state index contributed by atoms with van der Waals surface area (Å²) < 4.78 is 0. The van der Waals surface area contributed by atoms with Gasteiger partial charge in [-0.15, -0.1) is 0 Å². The molecule has 1 aliphatic rings. The van der Waals surface area contributed by atoms with Crippen molar-refractivity contribution in [3.8, 4) is 0 Å². The van der Waals surface area contributed by atoms with E-state index in [0.717, 1.165) is 12.8 Å². The zero-order chi connectivity index (χ0) is 5.11. The number of hydrogen-bond donors (Lipinski definition) is 1. The van der Waals surface area contributed by atoms with Crippen molar-refractivity contribution in [1.82, 2.24) is 0 Å². The van der Waals surface area contributed by atoms with Gasteiger partial charge in [-0.2, -0.15) is 0 Å². The number of aliphatic hydroxyl groups is 1. The monoisotopic (exact) mass is 142 g/mol. The molecule has 0 aliphatic heterocycles. The van der Waals surface area contributed by atoms with Crippen LogP contribution in [0.25, 0.3) is 0 Å². The van der Waals surface area contributed by atoms with Crippen LogP contribution >= 0.6 is 0 Å². The van der Waals surface area contributed by atoms with Crippen LogP contribution < -0.4 is 0 Å². The van der Waals surface area contributed by atoms with E-state index in [1.54, 1.807) is 0 Å². The van der Waals surface area contributed by atoms with Crippen LogP contribution in [0.3, 0.4) is 0 Å². The molecule has 8 heavy (non-hydrogen) atoms. The summed E-state index contributed by atoms with van der Waals surface area (Å²) in [5.41, 5.74) is 0. The topological polar surface area (TPSA) is 20.2 Å². The SMILES string of the molecule is OC1CCCCC1.[CaH2]. The van der Waals surface area contributed by atoms with Crippen molar-refractivity contribution in [1.29, 1.82) is 0 Å². The number of aliphatic hydroxyl groups excluding tert-OH is 1. The van der Waals surface area contributed by atoms with E-state index in [4.69, 9.17) is 5.11 Å². The molecule has 0 atom stereocenters. The average molecular weight is 142 g/mol. The Kier molecular flexibility index (Phi) is 5.81. The van der Waals surface area contributed by atoms with Crippen LogP contribution in [0.15, 0.2) is 0 Å². The van der Waals surface area contributed by atoms with Crippen molar-refractivity contribution < 1.29 is 5.11 Å². The molecule has 0 bridgehead atoms. The molecule has 1 fully saturated rings. The first-order valence-corrected chi connectivity index (χ1v) is 3.07. The van der Waals surface area contributed by atoms with Crippen LogP contribution in [0.4, 0.5) is 0 Å². The Morgan fingerprint density at radius 3 is 1.75 bits per heavy atom. The van der Waals surface area contributed by atoms with E-state index in [1.165, 1.54) is 19.3 Å². The van der Waals surface area contributed by atoms with Crippen LogP contribution in [-0.2, 0) is 0 Å². The van der Waals surface area contributed by atoms with Crippen molar-refractivity contribution in [2.24, 2.45) is 0 Å². The van der Waals surface area contributed by atoms with E-state index in [-0.39, 0.29) is 43.8 Å². The summed E-state index contributed by atoms with van der Waals surface area (Å²) in [5, 5.41) is 8.91. The second kappa shape index (κ2) is 5.04. The van der Waals surface area contributed by atoms with E-state index in [2.05, 4.69) is 0 Å². The Morgan fingerprint density at radius 1 is 1.00 bits per heavy atom. The average Bonchev–Trinajstić information content (AvgIpc) is 1.69. The second-order valence-corrected chi connectivity index (χ2v) is 2.29. The van der Waals surface area contributed by atoms with Gasteiger partial charge in [0.2, 0.25) is 0 Å². The molecule has 0 spiro atoms. The zero-order valence-electron chi connectivity index (χ0n) is 4.56. The normalized spacial score (nSPS) is 22.1. The van der Waals surface area contributed by atoms with Crippen molar-refractivity contribution in [2.75, 3.05) is 0 Å². The van der Waals surface area contributed by atoms with Gasteiger partial charge in [-0.1, -0.05) is 19.3 Å². The van der Waals surface area contributed by atoms with Gasteiger partial charge in [0.1, 0.15) is 0 Å². The van der Waals surface area contributed by atoms with Crippen LogP contribution in [-0.4, -0.2) is 48.9 Å². The Bertz CT molecular complexity index is 50.5. The van der Waals surface area contributed by atoms with E-state index in [1.807, 2.05) is 0 Å². The third-order valence-corrected chi connectivity index (χ3v) is 1.57. The van der Waals surface area contributed by atoms with Gasteiger partial charge < -0.3 is 5.11 Å². The number of hydrogen-bond acceptors (Lipinski definition) is 1. The molecule has 1 N–H and O–H groups in total. The molecule has 0 unspecified atom stereocenters. The van der Waals surface area contributed by atoms with Crippen molar-refractivity contribution >= 4 is 37.7 Å². The molecule has 0 amide bonds. The summed E-state index contributed by atoms with van der Waals surface area (Å²) in [6, 6.07) is 0. The predicted octanol–water partition coefficient (Wildman–Crippen LogP) is 0.395. The van der Waals surface area contributed by atoms with E-state index < -0.39 is 0 Å². The van der Waals surface area contributed by atoms with Gasteiger partial charge in [-0.05, 0) is 12.8 Å². The molecule has 1 saturated carbocycles. The quantitative estimate of drug-likeness (QED) is 0.485. The fraction of sp³-hybridized carbons (Fsp3) is 1.00. The first kappa shape index (κ1) is 9.22. The summed E-state index contributed by atoms with van der Waals surface area (Å²) >= 11 is 0. The second-order valence-electron chi connectivity index (χ2n) is 2.29. The Morgan fingerprint density at radius 2 is 1.50 bits per heavy atom. The van der Waals surface area contributed by atoms with Crippen molar-refractivity contribution in [2.45, 2.75) is 38.2 Å². The molecule has 0 aromatic carbocycles. The van der Waals surface area contributed by atoms with Crippen molar-refractivity contribution in [3.05, 3.63) is 0 Å². The third kappa shape index (κ3) is 3.29. The molecule has 0 aromatic rings. The van der Waals surface area contributed by atoms with Gasteiger partial charge in [-0.25, -0.2) is 0 Å². The van der Waals surface area contributed by atoms with Crippen LogP contribution in [0.2, 0.25) is 0 Å². The van der Waals surface area contributed by atoms with Crippen LogP contribution in [0, 0.1) is 0 Å². The number of rotatable bonds is 0. The molecule has 0 heterocycles. The van der Waals surface area contributed by atoms with Crippen molar-refractivity contribution in [3.63, 3.8) is 0 Å². The molecule has 1 aliphatic carbocycles. The van der Waals surface area contributed by atoms with Crippen LogP contribution in [0.1, 0.15) is 32.1 Å². The summed E-state index contributed by atoms with van der Waals surface area (Å²) in [6.07, 6.45) is 5.92. The Balaban J connectivity index is 0.000000490. The molecule has 46 valence electrons. The van der Waals surface area contributed by atoms with Gasteiger partial charge in [-0.3, -0.25) is 0 Å². The zero-order valence-corrected chi connectivity index (χ0v) is 4.56. The first-order valence-electron chi connectivity index (χ1n) is 3.07. The van der Waals surface area contributed by atoms with Crippen LogP contribution in [0.5, 0.6) is 0 Å². The summed E-state index contributed by atoms with van der Waals surface area (Å²) in [7, 11) is 0. The summed E-state index contributed by atoms with van der Waals surface area (Å²) in [6.45, 7) is 0. The summed E-state index contributed by atoms with van der Waals surface area (Å²) in [4.78, 5) is 0. The molecular weight excluding hydrogens is 128 g/mol. The fourth-order valence-electron chi connectivity index (χ4n) is 1.08. The van der Waals surface area contributed by atoms with E-state index in [9.17, 15) is 0 Å². The Hall–Kier alpha value is 1.22. The molecule has 1 nitrogen and oxygen atoms in total. The maximum atomic E-state index is 8.91. The molecule has 0 radical (unpaired) electrons. The molecule has 0 aromatic heterocycles. The maximum absolute atomic E-state index is 8.91. The predicted molar refractivity (Wildman–Crippen MR) is 37.6 cm³/mol. The minimum absolute atomic E-state index is 0. The fourth-order valence-corrected chi connectivity index (χ4v) is 1.08. The molecular formula is C6H14CaO. The molecule has 0 saturated heterocycles. The standard InChI is InChI=1S/C6H12O.Ca.2H/c7-6-4-2-1-3-5-6;;;/h6-7H,1-5H2;;;. The van der Waals surface area contributed by atoms with Gasteiger partial charge in [0.25, 0.3) is 0 Å². The first-order chi connectivity index (χ1) is 3.39. The van der Waals surface area contributed by atoms with E-state index >= 15 is 0 Å². The molecule has 1 rings (SSSR count). The van der Waals surface area contributed by atoms with Gasteiger partial charge in [0, 0.05) is 0 Å². The van der Waals surface area contributed by atoms with Gasteiger partial charge in [0.15, 0.2) is 0 Å². The Labute approximate surface area is 80.5 Å². The third-order valence-electron chi connectivity index (χ3n) is 1.57. The summed E-state index contributed by atoms with van der Waals surface area (Å²) in [5.74, 6) is 0. The molecule has 2 heteroatoms. The van der Waals surface area contributed by atoms with E-state index in [0.29, 0.717) is 0 Å². The van der Waals surface area contributed by atoms with Gasteiger partial charge >= 0.3 is 37.7 Å². The van der Waals surface area contributed by atoms with Gasteiger partial charge in [0.05, 0.1) is 6.10 Å². The minimum atomic E-state index is 0.